The van der Waals surface area contributed by atoms with Gasteiger partial charge in [0.25, 0.3) is 0 Å². The normalized spacial score (nSPS) is 14.7. The molecule has 2 aliphatic rings. The maximum absolute atomic E-state index is 12.3. The van der Waals surface area contributed by atoms with Crippen molar-refractivity contribution in [1.82, 2.24) is 4.31 Å². The van der Waals surface area contributed by atoms with Crippen LogP contribution in [0.1, 0.15) is 37.8 Å². The molecule has 6 nitrogen and oxygen atoms in total. The van der Waals surface area contributed by atoms with Crippen molar-refractivity contribution in [2.45, 2.75) is 44.3 Å². The van der Waals surface area contributed by atoms with Gasteiger partial charge in [0.1, 0.15) is 0 Å². The summed E-state index contributed by atoms with van der Waals surface area (Å²) in [5, 5.41) is 0. The molecule has 0 aromatic heterocycles. The van der Waals surface area contributed by atoms with Crippen LogP contribution in [-0.4, -0.2) is 34.2 Å². The third-order valence-corrected chi connectivity index (χ3v) is 7.36. The second-order valence-corrected chi connectivity index (χ2v) is 10.4. The molecule has 0 radical (unpaired) electrons. The van der Waals surface area contributed by atoms with E-state index < -0.39 is 20.0 Å². The lowest BCUT2D eigenvalue weighted by Crippen LogP contribution is -2.32. The fraction of sp³-hybridized carbons (Fsp3) is 0.400. The molecule has 28 heavy (non-hydrogen) atoms. The minimum Gasteiger partial charge on any atom is -0.283 e. The lowest BCUT2D eigenvalue weighted by atomic mass is 10.2. The molecule has 1 N–H and O–H groups in total. The standard InChI is InChI=1S/C13H21NO2S.C7H7NO2S/c1-4-10-14(11-5-2)17(15,16)13-8-6-12(3)7-9-13;9-11(10)5-6-1-3-7(8-11)4-2-6/h6-9H,4-5,10-11H2,1-3H3;1-4,8H,5H2. The summed E-state index contributed by atoms with van der Waals surface area (Å²) in [6.45, 7) is 7.11. The number of aryl methyl sites for hydroxylation is 1. The first kappa shape index (κ1) is 22.4. The lowest BCUT2D eigenvalue weighted by Gasteiger charge is -2.21. The monoisotopic (exact) mass is 424 g/mol. The predicted molar refractivity (Wildman–Crippen MR) is 113 cm³/mol. The van der Waals surface area contributed by atoms with Crippen LogP contribution in [-0.2, 0) is 25.8 Å². The van der Waals surface area contributed by atoms with Crippen molar-refractivity contribution < 1.29 is 16.8 Å². The Labute approximate surface area is 168 Å². The number of anilines is 1. The first-order valence-corrected chi connectivity index (χ1v) is 12.4. The molecule has 2 aromatic carbocycles. The van der Waals surface area contributed by atoms with E-state index in [1.165, 1.54) is 0 Å². The highest BCUT2D eigenvalue weighted by Gasteiger charge is 2.22. The number of benzene rings is 2. The van der Waals surface area contributed by atoms with E-state index in [-0.39, 0.29) is 5.75 Å². The van der Waals surface area contributed by atoms with Crippen molar-refractivity contribution in [3.63, 3.8) is 0 Å². The van der Waals surface area contributed by atoms with Crippen LogP contribution in [0, 0.1) is 6.92 Å². The molecule has 8 heteroatoms. The second-order valence-electron chi connectivity index (χ2n) is 6.78. The van der Waals surface area contributed by atoms with E-state index in [0.29, 0.717) is 23.7 Å². The zero-order valence-electron chi connectivity index (χ0n) is 16.6. The van der Waals surface area contributed by atoms with Crippen LogP contribution in [0.4, 0.5) is 5.69 Å². The van der Waals surface area contributed by atoms with E-state index in [0.717, 1.165) is 24.0 Å². The predicted octanol–water partition coefficient (Wildman–Crippen LogP) is 3.75. The molecule has 0 saturated heterocycles. The van der Waals surface area contributed by atoms with Gasteiger partial charge in [-0.2, -0.15) is 4.31 Å². The maximum Gasteiger partial charge on any atom is 0.243 e. The average molecular weight is 425 g/mol. The summed E-state index contributed by atoms with van der Waals surface area (Å²) >= 11 is 0. The van der Waals surface area contributed by atoms with Gasteiger partial charge in [-0.25, -0.2) is 16.8 Å². The number of sulfonamides is 2. The fourth-order valence-electron chi connectivity index (χ4n) is 2.81. The molecule has 0 fully saturated rings. The number of hydrogen-bond acceptors (Lipinski definition) is 4. The van der Waals surface area contributed by atoms with Crippen molar-refractivity contribution in [1.29, 1.82) is 0 Å². The summed E-state index contributed by atoms with van der Waals surface area (Å²) in [6.07, 6.45) is 1.68. The van der Waals surface area contributed by atoms with Crippen LogP contribution in [0.5, 0.6) is 0 Å². The molecule has 0 aliphatic carbocycles. The molecule has 2 heterocycles. The van der Waals surface area contributed by atoms with Gasteiger partial charge in [0, 0.05) is 18.8 Å². The van der Waals surface area contributed by atoms with Crippen LogP contribution in [0.3, 0.4) is 0 Å². The van der Waals surface area contributed by atoms with Crippen LogP contribution >= 0.6 is 0 Å². The largest absolute Gasteiger partial charge is 0.283 e. The van der Waals surface area contributed by atoms with Gasteiger partial charge < -0.3 is 0 Å². The highest BCUT2D eigenvalue weighted by atomic mass is 32.2. The molecule has 0 atom stereocenters. The summed E-state index contributed by atoms with van der Waals surface area (Å²) in [4.78, 5) is 0.394. The van der Waals surface area contributed by atoms with Gasteiger partial charge in [0.05, 0.1) is 10.6 Å². The molecular weight excluding hydrogens is 396 g/mol. The average Bonchev–Trinajstić information content (AvgIpc) is 2.88. The van der Waals surface area contributed by atoms with Crippen LogP contribution < -0.4 is 4.72 Å². The first-order valence-electron chi connectivity index (χ1n) is 9.34. The maximum atomic E-state index is 12.3. The number of fused-ring (bicyclic) bond motifs is 4. The summed E-state index contributed by atoms with van der Waals surface area (Å²) in [5.41, 5.74) is 2.55. The molecule has 0 unspecified atom stereocenters. The molecule has 0 amide bonds. The third-order valence-electron chi connectivity index (χ3n) is 4.19. The topological polar surface area (TPSA) is 83.6 Å². The van der Waals surface area contributed by atoms with Gasteiger partial charge in [-0.3, -0.25) is 4.72 Å². The summed E-state index contributed by atoms with van der Waals surface area (Å²) in [6, 6.07) is 14.2. The molecule has 154 valence electrons. The van der Waals surface area contributed by atoms with Crippen LogP contribution in [0.25, 0.3) is 0 Å². The Morgan fingerprint density at radius 3 is 1.96 bits per heavy atom. The minimum atomic E-state index is -3.31. The van der Waals surface area contributed by atoms with Crippen molar-refractivity contribution in [3.05, 3.63) is 59.7 Å². The van der Waals surface area contributed by atoms with E-state index in [2.05, 4.69) is 4.72 Å². The zero-order valence-corrected chi connectivity index (χ0v) is 18.2. The Kier molecular flexibility index (Phi) is 7.63. The fourth-order valence-corrected chi connectivity index (χ4v) is 5.64. The highest BCUT2D eigenvalue weighted by molar-refractivity contribution is 7.92. The molecule has 2 aliphatic heterocycles. The molecular formula is C20H28N2O4S2. The van der Waals surface area contributed by atoms with Crippen molar-refractivity contribution in [3.8, 4) is 0 Å². The minimum absolute atomic E-state index is 0.0868. The summed E-state index contributed by atoms with van der Waals surface area (Å²) in [5.74, 6) is 0.0868. The lowest BCUT2D eigenvalue weighted by molar-refractivity contribution is 0.410. The second kappa shape index (κ2) is 9.54. The van der Waals surface area contributed by atoms with Crippen molar-refractivity contribution in [2.75, 3.05) is 17.8 Å². The highest BCUT2D eigenvalue weighted by Crippen LogP contribution is 2.19. The van der Waals surface area contributed by atoms with Crippen molar-refractivity contribution >= 4 is 25.7 Å². The van der Waals surface area contributed by atoms with Crippen LogP contribution in [0.15, 0.2) is 53.4 Å². The third kappa shape index (κ3) is 6.05. The summed E-state index contributed by atoms with van der Waals surface area (Å²) < 4.78 is 50.9. The van der Waals surface area contributed by atoms with E-state index in [1.54, 1.807) is 28.6 Å². The molecule has 2 aromatic rings. The number of nitrogens with zero attached hydrogens (tertiary/aromatic N) is 1. The van der Waals surface area contributed by atoms with E-state index in [1.807, 2.05) is 45.0 Å². The first-order chi connectivity index (χ1) is 13.2. The molecule has 2 bridgehead atoms. The smallest absolute Gasteiger partial charge is 0.243 e. The van der Waals surface area contributed by atoms with E-state index in [4.69, 9.17) is 0 Å². The Balaban J connectivity index is 0.000000218. The number of hydrogen-bond donors (Lipinski definition) is 1. The SMILES string of the molecule is CCCN(CCC)S(=O)(=O)c1ccc(C)cc1.O=S1(=O)Cc2ccc(cc2)N1. The Bertz CT molecular complexity index is 931. The quantitative estimate of drug-likeness (QED) is 0.765. The van der Waals surface area contributed by atoms with Crippen molar-refractivity contribution in [2.24, 2.45) is 0 Å². The number of nitrogens with one attached hydrogen (secondary N) is 1. The van der Waals surface area contributed by atoms with Gasteiger partial charge in [-0.05, 0) is 49.6 Å². The van der Waals surface area contributed by atoms with Gasteiger partial charge >= 0.3 is 0 Å². The van der Waals surface area contributed by atoms with Gasteiger partial charge in [0.15, 0.2) is 0 Å². The Hall–Kier alpha value is -1.90. The van der Waals surface area contributed by atoms with Gasteiger partial charge in [0.2, 0.25) is 20.0 Å². The number of rotatable bonds is 6. The van der Waals surface area contributed by atoms with Gasteiger partial charge in [-0.15, -0.1) is 0 Å². The van der Waals surface area contributed by atoms with Gasteiger partial charge in [-0.1, -0.05) is 43.7 Å². The molecule has 0 saturated carbocycles. The van der Waals surface area contributed by atoms with Crippen LogP contribution in [0.2, 0.25) is 0 Å². The van der Waals surface area contributed by atoms with E-state index in [9.17, 15) is 16.8 Å². The summed E-state index contributed by atoms with van der Waals surface area (Å²) in [7, 11) is -6.41. The van der Waals surface area contributed by atoms with E-state index >= 15 is 0 Å². The molecule has 4 rings (SSSR count). The Morgan fingerprint density at radius 2 is 1.46 bits per heavy atom. The Morgan fingerprint density at radius 1 is 0.929 bits per heavy atom. The molecule has 0 spiro atoms. The zero-order chi connectivity index (χ0) is 20.8.